The molecule has 0 amide bonds. The van der Waals surface area contributed by atoms with E-state index in [9.17, 15) is 13.2 Å². The van der Waals surface area contributed by atoms with E-state index in [2.05, 4.69) is 4.98 Å². The van der Waals surface area contributed by atoms with Crippen LogP contribution < -0.4 is 0 Å². The van der Waals surface area contributed by atoms with E-state index in [1.54, 1.807) is 24.3 Å². The number of nitrogens with zero attached hydrogens (tertiary/aromatic N) is 2. The van der Waals surface area contributed by atoms with Crippen LogP contribution in [0.3, 0.4) is 0 Å². The van der Waals surface area contributed by atoms with Crippen molar-refractivity contribution in [3.63, 3.8) is 0 Å². The van der Waals surface area contributed by atoms with Gasteiger partial charge in [-0.05, 0) is 29.8 Å². The van der Waals surface area contributed by atoms with Crippen LogP contribution in [0.4, 0.5) is 13.2 Å². The fourth-order valence-corrected chi connectivity index (χ4v) is 2.27. The van der Waals surface area contributed by atoms with Gasteiger partial charge in [0.25, 0.3) is 0 Å². The number of benzene rings is 2. The van der Waals surface area contributed by atoms with Crippen molar-refractivity contribution in [2.45, 2.75) is 12.8 Å². The fourth-order valence-electron chi connectivity index (χ4n) is 2.27. The number of alkyl halides is 3. The lowest BCUT2D eigenvalue weighted by atomic mass is 10.1. The number of imidazole rings is 1. The SMILES string of the molecule is OCc1ccc(-n2cnc3ccccc32)c(C(F)(F)F)c1. The molecule has 0 atom stereocenters. The molecule has 0 aliphatic rings. The van der Waals surface area contributed by atoms with Gasteiger partial charge in [0.05, 0.1) is 28.9 Å². The zero-order chi connectivity index (χ0) is 15.0. The van der Waals surface area contributed by atoms with Gasteiger partial charge in [-0.2, -0.15) is 13.2 Å². The van der Waals surface area contributed by atoms with Crippen LogP contribution in [0.2, 0.25) is 0 Å². The van der Waals surface area contributed by atoms with Gasteiger partial charge >= 0.3 is 6.18 Å². The molecule has 0 aliphatic carbocycles. The third-order valence-corrected chi connectivity index (χ3v) is 3.26. The highest BCUT2D eigenvalue weighted by molar-refractivity contribution is 5.77. The molecule has 3 nitrogen and oxygen atoms in total. The monoisotopic (exact) mass is 292 g/mol. The topological polar surface area (TPSA) is 38.0 Å². The Hall–Kier alpha value is -2.34. The van der Waals surface area contributed by atoms with Gasteiger partial charge in [0.1, 0.15) is 6.33 Å². The Morgan fingerprint density at radius 2 is 1.86 bits per heavy atom. The molecule has 6 heteroatoms. The highest BCUT2D eigenvalue weighted by Crippen LogP contribution is 2.35. The van der Waals surface area contributed by atoms with E-state index < -0.39 is 18.3 Å². The quantitative estimate of drug-likeness (QED) is 0.784. The summed E-state index contributed by atoms with van der Waals surface area (Å²) in [6.07, 6.45) is -3.14. The lowest BCUT2D eigenvalue weighted by molar-refractivity contribution is -0.137. The summed E-state index contributed by atoms with van der Waals surface area (Å²) >= 11 is 0. The lowest BCUT2D eigenvalue weighted by Crippen LogP contribution is -2.11. The van der Waals surface area contributed by atoms with Crippen molar-refractivity contribution in [1.82, 2.24) is 9.55 Å². The standard InChI is InChI=1S/C15H11F3N2O/c16-15(17,18)11-7-10(8-21)5-6-13(11)20-9-19-12-3-1-2-4-14(12)20/h1-7,9,21H,8H2. The molecule has 1 heterocycles. The predicted molar refractivity (Wildman–Crippen MR) is 72.0 cm³/mol. The molecule has 2 aromatic carbocycles. The molecule has 0 bridgehead atoms. The van der Waals surface area contributed by atoms with E-state index in [-0.39, 0.29) is 11.3 Å². The summed E-state index contributed by atoms with van der Waals surface area (Å²) in [5.74, 6) is 0. The van der Waals surface area contributed by atoms with Gasteiger partial charge in [-0.15, -0.1) is 0 Å². The minimum atomic E-state index is -4.51. The maximum Gasteiger partial charge on any atom is 0.418 e. The molecule has 0 unspecified atom stereocenters. The average molecular weight is 292 g/mol. The molecule has 3 aromatic rings. The smallest absolute Gasteiger partial charge is 0.392 e. The summed E-state index contributed by atoms with van der Waals surface area (Å²) in [6.45, 7) is -0.436. The first-order chi connectivity index (χ1) is 10.0. The van der Waals surface area contributed by atoms with Gasteiger partial charge < -0.3 is 5.11 Å². The van der Waals surface area contributed by atoms with Crippen LogP contribution in [0.25, 0.3) is 16.7 Å². The lowest BCUT2D eigenvalue weighted by Gasteiger charge is -2.15. The second-order valence-corrected chi connectivity index (χ2v) is 4.61. The van der Waals surface area contributed by atoms with E-state index in [0.717, 1.165) is 6.07 Å². The zero-order valence-electron chi connectivity index (χ0n) is 10.8. The molecular formula is C15H11F3N2O. The summed E-state index contributed by atoms with van der Waals surface area (Å²) in [4.78, 5) is 4.11. The van der Waals surface area contributed by atoms with Crippen LogP contribution >= 0.6 is 0 Å². The molecule has 3 rings (SSSR count). The molecule has 0 fully saturated rings. The summed E-state index contributed by atoms with van der Waals surface area (Å²) in [7, 11) is 0. The maximum atomic E-state index is 13.2. The van der Waals surface area contributed by atoms with E-state index in [1.165, 1.54) is 23.0 Å². The van der Waals surface area contributed by atoms with E-state index in [1.807, 2.05) is 0 Å². The number of aliphatic hydroxyl groups excluding tert-OH is 1. The van der Waals surface area contributed by atoms with Crippen molar-refractivity contribution in [3.05, 3.63) is 59.9 Å². The molecule has 0 aliphatic heterocycles. The van der Waals surface area contributed by atoms with Crippen molar-refractivity contribution in [2.24, 2.45) is 0 Å². The highest BCUT2D eigenvalue weighted by atomic mass is 19.4. The predicted octanol–water partition coefficient (Wildman–Crippen LogP) is 3.54. The van der Waals surface area contributed by atoms with Crippen LogP contribution in [0.1, 0.15) is 11.1 Å². The van der Waals surface area contributed by atoms with Crippen molar-refractivity contribution < 1.29 is 18.3 Å². The molecule has 1 N–H and O–H groups in total. The Morgan fingerprint density at radius 3 is 2.57 bits per heavy atom. The number of para-hydroxylation sites is 2. The van der Waals surface area contributed by atoms with E-state index in [4.69, 9.17) is 5.11 Å². The molecule has 108 valence electrons. The number of aliphatic hydroxyl groups is 1. The Balaban J connectivity index is 2.27. The second-order valence-electron chi connectivity index (χ2n) is 4.61. The maximum absolute atomic E-state index is 13.2. The highest BCUT2D eigenvalue weighted by Gasteiger charge is 2.34. The van der Waals surface area contributed by atoms with Crippen LogP contribution in [0, 0.1) is 0 Å². The third-order valence-electron chi connectivity index (χ3n) is 3.26. The summed E-state index contributed by atoms with van der Waals surface area (Å²) in [5.41, 5.74) is 0.637. The first kappa shape index (κ1) is 13.6. The number of rotatable bonds is 2. The van der Waals surface area contributed by atoms with Gasteiger partial charge in [0.2, 0.25) is 0 Å². The van der Waals surface area contributed by atoms with Crippen molar-refractivity contribution in [2.75, 3.05) is 0 Å². The largest absolute Gasteiger partial charge is 0.418 e. The van der Waals surface area contributed by atoms with E-state index >= 15 is 0 Å². The zero-order valence-corrected chi connectivity index (χ0v) is 10.8. The van der Waals surface area contributed by atoms with Gasteiger partial charge in [-0.25, -0.2) is 4.98 Å². The number of aromatic nitrogens is 2. The minimum absolute atomic E-state index is 0.00611. The molecule has 21 heavy (non-hydrogen) atoms. The van der Waals surface area contributed by atoms with E-state index in [0.29, 0.717) is 11.0 Å². The third kappa shape index (κ3) is 2.38. The average Bonchev–Trinajstić information content (AvgIpc) is 2.89. The Morgan fingerprint density at radius 1 is 1.10 bits per heavy atom. The van der Waals surface area contributed by atoms with Gasteiger partial charge in [0.15, 0.2) is 0 Å². The molecule has 1 aromatic heterocycles. The molecule has 0 saturated heterocycles. The molecular weight excluding hydrogens is 281 g/mol. The number of hydrogen-bond acceptors (Lipinski definition) is 2. The number of hydrogen-bond donors (Lipinski definition) is 1. The second kappa shape index (κ2) is 4.89. The first-order valence-corrected chi connectivity index (χ1v) is 6.24. The summed E-state index contributed by atoms with van der Waals surface area (Å²) in [6, 6.07) is 10.8. The Bertz CT molecular complexity index is 793. The summed E-state index contributed by atoms with van der Waals surface area (Å²) < 4.78 is 41.1. The van der Waals surface area contributed by atoms with Crippen molar-refractivity contribution >= 4 is 11.0 Å². The molecule has 0 saturated carbocycles. The normalized spacial score (nSPS) is 12.0. The van der Waals surface area contributed by atoms with Gasteiger partial charge in [0, 0.05) is 0 Å². The fraction of sp³-hybridized carbons (Fsp3) is 0.133. The molecule has 0 spiro atoms. The minimum Gasteiger partial charge on any atom is -0.392 e. The number of fused-ring (bicyclic) bond motifs is 1. The molecule has 0 radical (unpaired) electrons. The Labute approximate surface area is 118 Å². The van der Waals surface area contributed by atoms with Crippen LogP contribution in [-0.2, 0) is 12.8 Å². The van der Waals surface area contributed by atoms with Crippen LogP contribution in [0.15, 0.2) is 48.8 Å². The van der Waals surface area contributed by atoms with Crippen LogP contribution in [0.5, 0.6) is 0 Å². The van der Waals surface area contributed by atoms with Gasteiger partial charge in [-0.3, -0.25) is 4.57 Å². The summed E-state index contributed by atoms with van der Waals surface area (Å²) in [5, 5.41) is 9.03. The van der Waals surface area contributed by atoms with Crippen molar-refractivity contribution in [3.8, 4) is 5.69 Å². The Kier molecular flexibility index (Phi) is 3.17. The first-order valence-electron chi connectivity index (χ1n) is 6.24. The number of halogens is 3. The van der Waals surface area contributed by atoms with Gasteiger partial charge in [-0.1, -0.05) is 18.2 Å². The van der Waals surface area contributed by atoms with Crippen LogP contribution in [-0.4, -0.2) is 14.7 Å². The van der Waals surface area contributed by atoms with Crippen molar-refractivity contribution in [1.29, 1.82) is 0 Å².